The minimum Gasteiger partial charge on any atom is -0.396 e. The van der Waals surface area contributed by atoms with Crippen molar-refractivity contribution in [3.63, 3.8) is 0 Å². The maximum absolute atomic E-state index is 13.7. The molecule has 0 aliphatic heterocycles. The van der Waals surface area contributed by atoms with Crippen molar-refractivity contribution >= 4 is 5.91 Å². The van der Waals surface area contributed by atoms with Crippen molar-refractivity contribution in [2.75, 3.05) is 13.2 Å². The van der Waals surface area contributed by atoms with Crippen molar-refractivity contribution in [2.24, 2.45) is 11.1 Å². The molecule has 0 unspecified atom stereocenters. The molecule has 0 aliphatic rings. The van der Waals surface area contributed by atoms with E-state index in [-0.39, 0.29) is 17.6 Å². The van der Waals surface area contributed by atoms with Gasteiger partial charge in [0.1, 0.15) is 5.82 Å². The third-order valence-electron chi connectivity index (χ3n) is 3.05. The van der Waals surface area contributed by atoms with Gasteiger partial charge in [-0.2, -0.15) is 0 Å². The van der Waals surface area contributed by atoms with E-state index in [1.165, 1.54) is 6.07 Å². The Labute approximate surface area is 112 Å². The Morgan fingerprint density at radius 1 is 1.47 bits per heavy atom. The van der Waals surface area contributed by atoms with E-state index in [4.69, 9.17) is 10.8 Å². The second-order valence-corrected chi connectivity index (χ2v) is 5.41. The zero-order valence-corrected chi connectivity index (χ0v) is 11.4. The minimum absolute atomic E-state index is 0.0433. The van der Waals surface area contributed by atoms with Crippen LogP contribution in [0.3, 0.4) is 0 Å². The number of benzene rings is 1. The lowest BCUT2D eigenvalue weighted by molar-refractivity contribution is 0.1000. The van der Waals surface area contributed by atoms with Crippen LogP contribution in [0.5, 0.6) is 0 Å². The molecule has 0 aromatic heterocycles. The number of amides is 1. The van der Waals surface area contributed by atoms with E-state index >= 15 is 0 Å². The Balaban J connectivity index is 2.57. The van der Waals surface area contributed by atoms with Gasteiger partial charge in [0.15, 0.2) is 0 Å². The topological polar surface area (TPSA) is 75.3 Å². The van der Waals surface area contributed by atoms with Gasteiger partial charge in [0.25, 0.3) is 0 Å². The van der Waals surface area contributed by atoms with E-state index in [2.05, 4.69) is 5.32 Å². The van der Waals surface area contributed by atoms with Crippen LogP contribution in [-0.2, 0) is 6.54 Å². The zero-order chi connectivity index (χ0) is 14.5. The fourth-order valence-corrected chi connectivity index (χ4v) is 1.77. The minimum atomic E-state index is -0.637. The van der Waals surface area contributed by atoms with Gasteiger partial charge >= 0.3 is 0 Å². The van der Waals surface area contributed by atoms with Crippen LogP contribution < -0.4 is 11.1 Å². The first-order valence-electron chi connectivity index (χ1n) is 6.25. The number of nitrogens with one attached hydrogen (secondary N) is 1. The number of hydrogen-bond acceptors (Lipinski definition) is 3. The molecule has 4 N–H and O–H groups in total. The summed E-state index contributed by atoms with van der Waals surface area (Å²) in [5, 5.41) is 12.1. The third-order valence-corrected chi connectivity index (χ3v) is 3.05. The van der Waals surface area contributed by atoms with E-state index < -0.39 is 11.7 Å². The molecule has 0 fully saturated rings. The molecule has 0 radical (unpaired) electrons. The number of aliphatic hydroxyl groups excluding tert-OH is 1. The summed E-state index contributed by atoms with van der Waals surface area (Å²) in [5.74, 6) is -1.08. The molecule has 0 bridgehead atoms. The number of rotatable bonds is 7. The number of primary amides is 1. The molecule has 106 valence electrons. The van der Waals surface area contributed by atoms with Crippen molar-refractivity contribution in [3.8, 4) is 0 Å². The molecule has 0 saturated carbocycles. The zero-order valence-electron chi connectivity index (χ0n) is 11.4. The number of hydrogen-bond donors (Lipinski definition) is 3. The molecule has 1 amide bonds. The van der Waals surface area contributed by atoms with Gasteiger partial charge in [-0.1, -0.05) is 19.9 Å². The van der Waals surface area contributed by atoms with Crippen molar-refractivity contribution < 1.29 is 14.3 Å². The first kappa shape index (κ1) is 15.6. The number of nitrogens with two attached hydrogens (primary N) is 1. The summed E-state index contributed by atoms with van der Waals surface area (Å²) in [6, 6.07) is 4.22. The lowest BCUT2D eigenvalue weighted by Gasteiger charge is -2.24. The molecular weight excluding hydrogens is 247 g/mol. The van der Waals surface area contributed by atoms with Crippen LogP contribution in [0.15, 0.2) is 18.2 Å². The highest BCUT2D eigenvalue weighted by Gasteiger charge is 2.16. The summed E-state index contributed by atoms with van der Waals surface area (Å²) in [6.45, 7) is 5.24. The second kappa shape index (κ2) is 6.63. The Hall–Kier alpha value is -1.46. The first-order chi connectivity index (χ1) is 8.85. The van der Waals surface area contributed by atoms with E-state index in [1.807, 2.05) is 13.8 Å². The molecule has 1 aromatic carbocycles. The van der Waals surface area contributed by atoms with Gasteiger partial charge in [-0.05, 0) is 24.0 Å². The molecule has 0 saturated heterocycles. The van der Waals surface area contributed by atoms with Crippen molar-refractivity contribution in [1.29, 1.82) is 0 Å². The third kappa shape index (κ3) is 4.96. The van der Waals surface area contributed by atoms with Gasteiger partial charge < -0.3 is 16.2 Å². The number of halogens is 1. The maximum atomic E-state index is 13.7. The first-order valence-corrected chi connectivity index (χ1v) is 6.25. The Bertz CT molecular complexity index is 447. The molecule has 1 aromatic rings. The van der Waals surface area contributed by atoms with Crippen LogP contribution in [-0.4, -0.2) is 24.2 Å². The number of carbonyl (C=O) groups is 1. The van der Waals surface area contributed by atoms with Crippen molar-refractivity contribution in [3.05, 3.63) is 35.1 Å². The van der Waals surface area contributed by atoms with Crippen LogP contribution >= 0.6 is 0 Å². The number of carbonyl (C=O) groups excluding carboxylic acids is 1. The smallest absolute Gasteiger partial charge is 0.248 e. The summed E-state index contributed by atoms with van der Waals surface area (Å²) < 4.78 is 13.7. The molecule has 1 rings (SSSR count). The summed E-state index contributed by atoms with van der Waals surface area (Å²) in [7, 11) is 0. The summed E-state index contributed by atoms with van der Waals surface area (Å²) >= 11 is 0. The van der Waals surface area contributed by atoms with Crippen molar-refractivity contribution in [1.82, 2.24) is 5.32 Å². The molecular formula is C14H21FN2O2. The molecule has 5 heteroatoms. The summed E-state index contributed by atoms with van der Waals surface area (Å²) in [6.07, 6.45) is 0.684. The van der Waals surface area contributed by atoms with Gasteiger partial charge in [0.05, 0.1) is 0 Å². The lowest BCUT2D eigenvalue weighted by Crippen LogP contribution is -2.30. The summed E-state index contributed by atoms with van der Waals surface area (Å²) in [4.78, 5) is 10.9. The van der Waals surface area contributed by atoms with E-state index in [1.54, 1.807) is 6.07 Å². The van der Waals surface area contributed by atoms with Crippen LogP contribution in [0, 0.1) is 11.2 Å². The standard InChI is InChI=1S/C14H21FN2O2/c1-14(2,5-6-18)9-17-8-11-4-3-10(13(16)19)7-12(11)15/h3-4,7,17-18H,5-6,8-9H2,1-2H3,(H2,16,19). The largest absolute Gasteiger partial charge is 0.396 e. The Morgan fingerprint density at radius 3 is 2.68 bits per heavy atom. The Morgan fingerprint density at radius 2 is 2.16 bits per heavy atom. The predicted molar refractivity (Wildman–Crippen MR) is 72.1 cm³/mol. The molecule has 0 aliphatic carbocycles. The SMILES string of the molecule is CC(C)(CCO)CNCc1ccc(C(N)=O)cc1F. The van der Waals surface area contributed by atoms with Crippen LogP contribution in [0.2, 0.25) is 0 Å². The van der Waals surface area contributed by atoms with Crippen LogP contribution in [0.4, 0.5) is 4.39 Å². The quantitative estimate of drug-likeness (QED) is 0.700. The van der Waals surface area contributed by atoms with Gasteiger partial charge in [0.2, 0.25) is 5.91 Å². The lowest BCUT2D eigenvalue weighted by atomic mass is 9.90. The van der Waals surface area contributed by atoms with Gasteiger partial charge in [-0.25, -0.2) is 4.39 Å². The van der Waals surface area contributed by atoms with Crippen LogP contribution in [0.25, 0.3) is 0 Å². The van der Waals surface area contributed by atoms with Crippen molar-refractivity contribution in [2.45, 2.75) is 26.8 Å². The molecule has 19 heavy (non-hydrogen) atoms. The predicted octanol–water partition coefficient (Wildman–Crippen LogP) is 1.42. The monoisotopic (exact) mass is 268 g/mol. The highest BCUT2D eigenvalue weighted by Crippen LogP contribution is 2.18. The highest BCUT2D eigenvalue weighted by atomic mass is 19.1. The van der Waals surface area contributed by atoms with Gasteiger partial charge in [-0.3, -0.25) is 4.79 Å². The highest BCUT2D eigenvalue weighted by molar-refractivity contribution is 5.92. The average molecular weight is 268 g/mol. The fraction of sp³-hybridized carbons (Fsp3) is 0.500. The fourth-order valence-electron chi connectivity index (χ4n) is 1.77. The molecule has 0 atom stereocenters. The Kier molecular flexibility index (Phi) is 5.44. The second-order valence-electron chi connectivity index (χ2n) is 5.41. The van der Waals surface area contributed by atoms with Gasteiger partial charge in [-0.15, -0.1) is 0 Å². The van der Waals surface area contributed by atoms with E-state index in [0.717, 1.165) is 6.07 Å². The van der Waals surface area contributed by atoms with E-state index in [0.29, 0.717) is 25.1 Å². The molecule has 4 nitrogen and oxygen atoms in total. The maximum Gasteiger partial charge on any atom is 0.248 e. The van der Waals surface area contributed by atoms with E-state index in [9.17, 15) is 9.18 Å². The van der Waals surface area contributed by atoms with Crippen LogP contribution in [0.1, 0.15) is 36.2 Å². The molecule has 0 spiro atoms. The normalized spacial score (nSPS) is 11.6. The average Bonchev–Trinajstić information content (AvgIpc) is 2.30. The summed E-state index contributed by atoms with van der Waals surface area (Å²) in [5.41, 5.74) is 5.69. The van der Waals surface area contributed by atoms with Gasteiger partial charge in [0, 0.05) is 30.8 Å². The molecule has 0 heterocycles. The number of aliphatic hydroxyl groups is 1.